The molecule has 2 unspecified atom stereocenters. The zero-order valence-corrected chi connectivity index (χ0v) is 18.3. The molecule has 1 saturated carbocycles. The number of anilines is 1. The van der Waals surface area contributed by atoms with Crippen molar-refractivity contribution in [2.45, 2.75) is 45.3 Å². The quantitative estimate of drug-likeness (QED) is 0.224. The third kappa shape index (κ3) is 6.36. The van der Waals surface area contributed by atoms with Crippen LogP contribution in [0.2, 0.25) is 0 Å². The molecule has 1 aliphatic rings. The molecule has 0 bridgehead atoms. The molecular formula is C21H33N3S2. The summed E-state index contributed by atoms with van der Waals surface area (Å²) in [6.45, 7) is 9.63. The molecule has 26 heavy (non-hydrogen) atoms. The molecule has 1 fully saturated rings. The topological polar surface area (TPSA) is 41.6 Å². The Morgan fingerprint density at radius 3 is 2.81 bits per heavy atom. The molecule has 144 valence electrons. The lowest BCUT2D eigenvalue weighted by atomic mass is 9.78. The highest BCUT2D eigenvalue weighted by atomic mass is 32.2. The van der Waals surface area contributed by atoms with Crippen molar-refractivity contribution >= 4 is 33.6 Å². The van der Waals surface area contributed by atoms with Gasteiger partial charge >= 0.3 is 0 Å². The Hall–Kier alpha value is -0.910. The second-order valence-electron chi connectivity index (χ2n) is 7.48. The molecule has 2 rings (SSSR count). The summed E-state index contributed by atoms with van der Waals surface area (Å²) in [5.74, 6) is 8.44. The van der Waals surface area contributed by atoms with Crippen molar-refractivity contribution in [3.8, 4) is 0 Å². The van der Waals surface area contributed by atoms with Gasteiger partial charge in [-0.2, -0.15) is 0 Å². The van der Waals surface area contributed by atoms with Crippen LogP contribution in [-0.2, 0) is 5.75 Å². The van der Waals surface area contributed by atoms with Gasteiger partial charge < -0.3 is 5.01 Å². The molecule has 1 aromatic rings. The maximum absolute atomic E-state index is 5.99. The molecule has 0 radical (unpaired) electrons. The molecule has 0 heterocycles. The summed E-state index contributed by atoms with van der Waals surface area (Å²) in [6.07, 6.45) is 7.02. The number of thioether (sulfide) groups is 2. The van der Waals surface area contributed by atoms with Crippen molar-refractivity contribution in [3.05, 3.63) is 41.5 Å². The van der Waals surface area contributed by atoms with E-state index >= 15 is 0 Å². The minimum Gasteiger partial charge on any atom is -0.314 e. The van der Waals surface area contributed by atoms with E-state index < -0.39 is 0 Å². The second kappa shape index (κ2) is 10.4. The maximum Gasteiger partial charge on any atom is 0.124 e. The van der Waals surface area contributed by atoms with Crippen LogP contribution in [0, 0.1) is 18.8 Å². The third-order valence-corrected chi connectivity index (χ3v) is 7.15. The molecule has 0 amide bonds. The average molecular weight is 392 g/mol. The number of aryl methyl sites for hydroxylation is 1. The van der Waals surface area contributed by atoms with Crippen molar-refractivity contribution in [2.75, 3.05) is 24.9 Å². The molecule has 0 aromatic heterocycles. The zero-order chi connectivity index (χ0) is 19.1. The van der Waals surface area contributed by atoms with Crippen LogP contribution >= 0.6 is 23.5 Å². The lowest BCUT2D eigenvalue weighted by Gasteiger charge is -2.28. The summed E-state index contributed by atoms with van der Waals surface area (Å²) in [5.41, 5.74) is 5.09. The van der Waals surface area contributed by atoms with Crippen molar-refractivity contribution < 1.29 is 0 Å². The number of nitrogens with two attached hydrogens (primary N) is 1. The number of hydrogen-bond acceptors (Lipinski definition) is 5. The van der Waals surface area contributed by atoms with Gasteiger partial charge in [-0.3, -0.25) is 4.99 Å². The summed E-state index contributed by atoms with van der Waals surface area (Å²) in [5, 5.41) is 1.70. The Balaban J connectivity index is 1.91. The van der Waals surface area contributed by atoms with Gasteiger partial charge in [-0.15, -0.1) is 11.8 Å². The van der Waals surface area contributed by atoms with Gasteiger partial charge in [0.2, 0.25) is 0 Å². The van der Waals surface area contributed by atoms with E-state index in [4.69, 9.17) is 10.8 Å². The monoisotopic (exact) mass is 391 g/mol. The summed E-state index contributed by atoms with van der Waals surface area (Å²) in [7, 11) is 1.89. The van der Waals surface area contributed by atoms with Gasteiger partial charge in [0.05, 0.1) is 5.69 Å². The van der Waals surface area contributed by atoms with Crippen molar-refractivity contribution in [2.24, 2.45) is 22.7 Å². The van der Waals surface area contributed by atoms with Gasteiger partial charge in [-0.05, 0) is 67.9 Å². The average Bonchev–Trinajstić information content (AvgIpc) is 2.57. The second-order valence-corrected chi connectivity index (χ2v) is 9.50. The van der Waals surface area contributed by atoms with E-state index in [-0.39, 0.29) is 0 Å². The van der Waals surface area contributed by atoms with E-state index in [1.54, 1.807) is 16.8 Å². The molecule has 2 atom stereocenters. The number of hydrogen-bond donors (Lipinski definition) is 1. The fourth-order valence-electron chi connectivity index (χ4n) is 3.79. The largest absolute Gasteiger partial charge is 0.314 e. The SMILES string of the molecule is C=C1CC(C)CC(CCN=C(SC)SCc2c(C)cccc2N(C)N)C1. The molecular weight excluding hydrogens is 358 g/mol. The highest BCUT2D eigenvalue weighted by molar-refractivity contribution is 8.38. The number of nitrogens with zero attached hydrogens (tertiary/aromatic N) is 2. The molecule has 5 heteroatoms. The minimum atomic E-state index is 0.761. The molecule has 1 aliphatic carbocycles. The number of hydrazine groups is 1. The first-order chi connectivity index (χ1) is 12.4. The van der Waals surface area contributed by atoms with E-state index in [2.05, 4.69) is 44.9 Å². The summed E-state index contributed by atoms with van der Waals surface area (Å²) in [4.78, 5) is 4.87. The predicted molar refractivity (Wildman–Crippen MR) is 121 cm³/mol. The Morgan fingerprint density at radius 1 is 1.38 bits per heavy atom. The van der Waals surface area contributed by atoms with Gasteiger partial charge in [0, 0.05) is 19.3 Å². The summed E-state index contributed by atoms with van der Waals surface area (Å²) in [6, 6.07) is 6.29. The Morgan fingerprint density at radius 2 is 2.15 bits per heavy atom. The van der Waals surface area contributed by atoms with Crippen molar-refractivity contribution in [1.82, 2.24) is 0 Å². The predicted octanol–water partition coefficient (Wildman–Crippen LogP) is 5.64. The normalized spacial score (nSPS) is 21.1. The van der Waals surface area contributed by atoms with Crippen LogP contribution in [-0.4, -0.2) is 24.2 Å². The highest BCUT2D eigenvalue weighted by Gasteiger charge is 2.20. The first-order valence-electron chi connectivity index (χ1n) is 9.35. The van der Waals surface area contributed by atoms with Crippen LogP contribution in [0.5, 0.6) is 0 Å². The molecule has 0 saturated heterocycles. The molecule has 2 N–H and O–H groups in total. The Bertz CT molecular complexity index is 640. The van der Waals surface area contributed by atoms with Crippen LogP contribution in [0.25, 0.3) is 0 Å². The van der Waals surface area contributed by atoms with Gasteiger partial charge in [-0.1, -0.05) is 43.0 Å². The van der Waals surface area contributed by atoms with E-state index in [1.807, 2.05) is 18.8 Å². The van der Waals surface area contributed by atoms with Gasteiger partial charge in [-0.25, -0.2) is 5.84 Å². The molecule has 3 nitrogen and oxygen atoms in total. The molecule has 1 aromatic carbocycles. The van der Waals surface area contributed by atoms with Gasteiger partial charge in [0.25, 0.3) is 0 Å². The van der Waals surface area contributed by atoms with E-state index in [9.17, 15) is 0 Å². The lowest BCUT2D eigenvalue weighted by Crippen LogP contribution is -2.26. The summed E-state index contributed by atoms with van der Waals surface area (Å²) >= 11 is 3.57. The van der Waals surface area contributed by atoms with E-state index in [0.717, 1.165) is 29.8 Å². The molecule has 0 spiro atoms. The number of aliphatic imine (C=N–C) groups is 1. The Kier molecular flexibility index (Phi) is 8.58. The smallest absolute Gasteiger partial charge is 0.124 e. The standard InChI is InChI=1S/C21H33N3S2/c1-15-11-16(2)13-18(12-15)9-10-23-21(25-5)26-14-19-17(3)7-6-8-20(19)24(4)22/h6-8,16,18H,1,9-14,22H2,2-5H3. The van der Waals surface area contributed by atoms with Crippen LogP contribution in [0.4, 0.5) is 5.69 Å². The highest BCUT2D eigenvalue weighted by Crippen LogP contribution is 2.34. The third-order valence-electron chi connectivity index (χ3n) is 5.01. The first-order valence-corrected chi connectivity index (χ1v) is 11.6. The van der Waals surface area contributed by atoms with Crippen LogP contribution in [0.1, 0.15) is 43.7 Å². The zero-order valence-electron chi connectivity index (χ0n) is 16.6. The number of allylic oxidation sites excluding steroid dienone is 1. The van der Waals surface area contributed by atoms with Gasteiger partial charge in [0.1, 0.15) is 4.38 Å². The van der Waals surface area contributed by atoms with Crippen LogP contribution in [0.3, 0.4) is 0 Å². The van der Waals surface area contributed by atoms with Crippen LogP contribution < -0.4 is 10.9 Å². The lowest BCUT2D eigenvalue weighted by molar-refractivity contribution is 0.324. The van der Waals surface area contributed by atoms with E-state index in [0.29, 0.717) is 0 Å². The first kappa shape index (κ1) is 21.4. The number of rotatable bonds is 6. The van der Waals surface area contributed by atoms with E-state index in [1.165, 1.54) is 46.8 Å². The maximum atomic E-state index is 5.99. The van der Waals surface area contributed by atoms with Crippen LogP contribution in [0.15, 0.2) is 35.3 Å². The van der Waals surface area contributed by atoms with Gasteiger partial charge in [0.15, 0.2) is 0 Å². The molecule has 0 aliphatic heterocycles. The van der Waals surface area contributed by atoms with Crippen molar-refractivity contribution in [1.29, 1.82) is 0 Å². The number of benzene rings is 1. The Labute approximate surface area is 167 Å². The minimum absolute atomic E-state index is 0.761. The fourth-order valence-corrected chi connectivity index (χ4v) is 5.48. The fraction of sp³-hybridized carbons (Fsp3) is 0.571. The summed E-state index contributed by atoms with van der Waals surface area (Å²) < 4.78 is 1.17. The van der Waals surface area contributed by atoms with Crippen molar-refractivity contribution in [3.63, 3.8) is 0 Å².